The third kappa shape index (κ3) is 5.38. The molecule has 0 atom stereocenters. The van der Waals surface area contributed by atoms with Crippen molar-refractivity contribution in [3.05, 3.63) is 188 Å². The molecule has 1 heterocycles. The minimum Gasteiger partial charge on any atom is -0.453 e. The first-order chi connectivity index (χ1) is 24.3. The van der Waals surface area contributed by atoms with E-state index >= 15 is 0 Å². The van der Waals surface area contributed by atoms with Gasteiger partial charge in [-0.3, -0.25) is 0 Å². The van der Waals surface area contributed by atoms with Gasteiger partial charge in [0.05, 0.1) is 16.8 Å². The lowest BCUT2D eigenvalue weighted by atomic mass is 9.99. The maximum atomic E-state index is 6.62. The van der Waals surface area contributed by atoms with Crippen LogP contribution in [0.25, 0.3) is 44.2 Å². The molecule has 9 rings (SSSR count). The molecule has 0 fully saturated rings. The molecule has 0 saturated heterocycles. The molecule has 0 N–H and O–H groups in total. The molecule has 0 aliphatic carbocycles. The molecule has 49 heavy (non-hydrogen) atoms. The maximum absolute atomic E-state index is 6.62. The van der Waals surface area contributed by atoms with E-state index in [1.165, 1.54) is 16.7 Å². The Hall–Kier alpha value is -6.58. The number of fused-ring (bicyclic) bond motifs is 1. The molecule has 0 amide bonds. The smallest absolute Gasteiger partial charge is 0.172 e. The van der Waals surface area contributed by atoms with Crippen molar-refractivity contribution in [3.63, 3.8) is 0 Å². The molecule has 0 aromatic heterocycles. The summed E-state index contributed by atoms with van der Waals surface area (Å²) in [5, 5.41) is 2.05. The Bertz CT molecular complexity index is 2410. The topological polar surface area (TPSA) is 21.7 Å². The van der Waals surface area contributed by atoms with Gasteiger partial charge < -0.3 is 14.4 Å². The van der Waals surface area contributed by atoms with E-state index in [1.807, 2.05) is 36.4 Å². The Morgan fingerprint density at radius 2 is 0.837 bits per heavy atom. The summed E-state index contributed by atoms with van der Waals surface area (Å²) in [6, 6.07) is 65.6. The van der Waals surface area contributed by atoms with Gasteiger partial charge in [-0.15, -0.1) is 0 Å². The number of rotatable bonds is 6. The van der Waals surface area contributed by atoms with Crippen LogP contribution in [0.2, 0.25) is 0 Å². The molecule has 0 bridgehead atoms. The molecule has 3 heteroatoms. The first-order valence-electron chi connectivity index (χ1n) is 16.5. The highest BCUT2D eigenvalue weighted by molar-refractivity contribution is 5.95. The molecule has 232 valence electrons. The Morgan fingerprint density at radius 1 is 0.327 bits per heavy atom. The zero-order chi connectivity index (χ0) is 32.6. The summed E-state index contributed by atoms with van der Waals surface area (Å²) in [5.41, 5.74) is 10.1. The number of para-hydroxylation sites is 1. The number of nitrogens with zero attached hydrogens (tertiary/aromatic N) is 1. The minimum atomic E-state index is 0.665. The summed E-state index contributed by atoms with van der Waals surface area (Å²) in [4.78, 5) is 2.30. The van der Waals surface area contributed by atoms with Crippen LogP contribution in [0.5, 0.6) is 23.0 Å². The van der Waals surface area contributed by atoms with E-state index in [-0.39, 0.29) is 0 Å². The second kappa shape index (κ2) is 12.2. The molecule has 0 saturated carbocycles. The van der Waals surface area contributed by atoms with Crippen molar-refractivity contribution in [1.29, 1.82) is 0 Å². The molecule has 3 nitrogen and oxygen atoms in total. The normalized spacial score (nSPS) is 11.6. The molecule has 8 aromatic rings. The number of anilines is 3. The lowest BCUT2D eigenvalue weighted by molar-refractivity contribution is 0.439. The van der Waals surface area contributed by atoms with E-state index in [2.05, 4.69) is 157 Å². The minimum absolute atomic E-state index is 0.665. The average Bonchev–Trinajstić information content (AvgIpc) is 3.33. The van der Waals surface area contributed by atoms with E-state index in [0.717, 1.165) is 56.0 Å². The van der Waals surface area contributed by atoms with E-state index < -0.39 is 0 Å². The van der Waals surface area contributed by atoms with Gasteiger partial charge in [-0.1, -0.05) is 140 Å². The van der Waals surface area contributed by atoms with Crippen molar-refractivity contribution >= 4 is 27.8 Å². The fourth-order valence-electron chi connectivity index (χ4n) is 6.73. The first kappa shape index (κ1) is 28.6. The van der Waals surface area contributed by atoms with E-state index in [4.69, 9.17) is 9.47 Å². The highest BCUT2D eigenvalue weighted by atomic mass is 16.5. The molecule has 0 radical (unpaired) electrons. The Kier molecular flexibility index (Phi) is 7.14. The SMILES string of the molecule is c1ccc(-c2ccc(-c3ccc(N(c4ccc5c(c4)Oc4cccc6cccc(c46)O5)c4ccccc4-c4ccccc4)cc3)cc2)cc1. The van der Waals surface area contributed by atoms with Gasteiger partial charge in [0.1, 0.15) is 11.5 Å². The third-order valence-electron chi connectivity index (χ3n) is 9.13. The van der Waals surface area contributed by atoms with Gasteiger partial charge in [0, 0.05) is 17.3 Å². The zero-order valence-electron chi connectivity index (χ0n) is 26.7. The molecule has 0 unspecified atom stereocenters. The molecular weight excluding hydrogens is 599 g/mol. The van der Waals surface area contributed by atoms with Crippen LogP contribution in [0.1, 0.15) is 0 Å². The van der Waals surface area contributed by atoms with Crippen molar-refractivity contribution < 1.29 is 9.47 Å². The lowest BCUT2D eigenvalue weighted by Gasteiger charge is -2.28. The number of benzene rings is 8. The number of hydrogen-bond acceptors (Lipinski definition) is 3. The first-order valence-corrected chi connectivity index (χ1v) is 16.5. The van der Waals surface area contributed by atoms with Crippen molar-refractivity contribution in [2.75, 3.05) is 4.90 Å². The van der Waals surface area contributed by atoms with Crippen LogP contribution >= 0.6 is 0 Å². The summed E-state index contributed by atoms with van der Waals surface area (Å²) < 4.78 is 13.1. The van der Waals surface area contributed by atoms with Crippen LogP contribution in [-0.2, 0) is 0 Å². The van der Waals surface area contributed by atoms with Crippen LogP contribution in [0.3, 0.4) is 0 Å². The van der Waals surface area contributed by atoms with Crippen molar-refractivity contribution in [3.8, 4) is 56.4 Å². The second-order valence-electron chi connectivity index (χ2n) is 12.2. The maximum Gasteiger partial charge on any atom is 0.172 e. The highest BCUT2D eigenvalue weighted by Gasteiger charge is 2.22. The summed E-state index contributed by atoms with van der Waals surface area (Å²) in [5.74, 6) is 2.91. The van der Waals surface area contributed by atoms with Crippen molar-refractivity contribution in [1.82, 2.24) is 0 Å². The molecule has 1 aliphatic heterocycles. The van der Waals surface area contributed by atoms with Gasteiger partial charge in [0.2, 0.25) is 0 Å². The predicted molar refractivity (Wildman–Crippen MR) is 202 cm³/mol. The average molecular weight is 630 g/mol. The van der Waals surface area contributed by atoms with Crippen LogP contribution in [0, 0.1) is 0 Å². The quantitative estimate of drug-likeness (QED) is 0.183. The fourth-order valence-corrected chi connectivity index (χ4v) is 6.73. The molecule has 8 aromatic carbocycles. The van der Waals surface area contributed by atoms with Crippen LogP contribution in [0.15, 0.2) is 188 Å². The Morgan fingerprint density at radius 3 is 1.49 bits per heavy atom. The third-order valence-corrected chi connectivity index (χ3v) is 9.13. The summed E-state index contributed by atoms with van der Waals surface area (Å²) in [6.07, 6.45) is 0. The van der Waals surface area contributed by atoms with E-state index in [1.54, 1.807) is 0 Å². The summed E-state index contributed by atoms with van der Waals surface area (Å²) >= 11 is 0. The van der Waals surface area contributed by atoms with Crippen molar-refractivity contribution in [2.24, 2.45) is 0 Å². The van der Waals surface area contributed by atoms with Crippen molar-refractivity contribution in [2.45, 2.75) is 0 Å². The molecule has 1 aliphatic rings. The summed E-state index contributed by atoms with van der Waals surface area (Å²) in [7, 11) is 0. The van der Waals surface area contributed by atoms with Gasteiger partial charge in [0.25, 0.3) is 0 Å². The fraction of sp³-hybridized carbons (Fsp3) is 0. The van der Waals surface area contributed by atoms with Crippen LogP contribution in [-0.4, -0.2) is 0 Å². The van der Waals surface area contributed by atoms with E-state index in [9.17, 15) is 0 Å². The van der Waals surface area contributed by atoms with Crippen LogP contribution < -0.4 is 14.4 Å². The highest BCUT2D eigenvalue weighted by Crippen LogP contribution is 2.49. The van der Waals surface area contributed by atoms with Gasteiger partial charge in [-0.25, -0.2) is 0 Å². The Balaban J connectivity index is 1.14. The van der Waals surface area contributed by atoms with Gasteiger partial charge in [-0.05, 0) is 75.7 Å². The standard InChI is InChI=1S/C46H31NO2/c1-3-11-32(12-4-1)33-21-23-34(24-22-33)35-25-27-38(28-26-35)47(41-18-8-7-17-40(41)36-13-5-2-6-14-36)39-29-30-42-45(31-39)49-44-20-10-16-37-15-9-19-43(48-42)46(37)44/h1-31H. The van der Waals surface area contributed by atoms with E-state index in [0.29, 0.717) is 11.5 Å². The number of ether oxygens (including phenoxy) is 2. The predicted octanol–water partition coefficient (Wildman–Crippen LogP) is 13.2. The van der Waals surface area contributed by atoms with Gasteiger partial charge in [0.15, 0.2) is 11.5 Å². The second-order valence-corrected chi connectivity index (χ2v) is 12.2. The van der Waals surface area contributed by atoms with Crippen LogP contribution in [0.4, 0.5) is 17.1 Å². The largest absolute Gasteiger partial charge is 0.453 e. The van der Waals surface area contributed by atoms with Gasteiger partial charge in [-0.2, -0.15) is 0 Å². The summed E-state index contributed by atoms with van der Waals surface area (Å²) in [6.45, 7) is 0. The number of hydrogen-bond donors (Lipinski definition) is 0. The lowest BCUT2D eigenvalue weighted by Crippen LogP contribution is -2.11. The molecular formula is C46H31NO2. The monoisotopic (exact) mass is 629 g/mol. The molecule has 0 spiro atoms. The van der Waals surface area contributed by atoms with Gasteiger partial charge >= 0.3 is 0 Å². The Labute approximate surface area is 285 Å². The zero-order valence-corrected chi connectivity index (χ0v) is 26.7.